The maximum absolute atomic E-state index is 12.4. The van der Waals surface area contributed by atoms with Crippen molar-refractivity contribution in [1.29, 1.82) is 5.26 Å². The van der Waals surface area contributed by atoms with Gasteiger partial charge in [0.15, 0.2) is 0 Å². The van der Waals surface area contributed by atoms with E-state index >= 15 is 0 Å². The van der Waals surface area contributed by atoms with Gasteiger partial charge in [-0.15, -0.1) is 0 Å². The Kier molecular flexibility index (Phi) is 4.80. The first-order valence-electron chi connectivity index (χ1n) is 6.20. The van der Waals surface area contributed by atoms with Crippen molar-refractivity contribution in [3.8, 4) is 6.07 Å². The van der Waals surface area contributed by atoms with Crippen LogP contribution in [0.25, 0.3) is 6.08 Å². The number of hydrogen-bond acceptors (Lipinski definition) is 2. The Hall–Kier alpha value is -2.08. The van der Waals surface area contributed by atoms with Gasteiger partial charge in [-0.1, -0.05) is 59.1 Å². The van der Waals surface area contributed by atoms with Crippen LogP contribution in [0, 0.1) is 18.3 Å². The smallest absolute Gasteiger partial charge is 0.206 e. The first-order chi connectivity index (χ1) is 10.0. The molecule has 0 atom stereocenters. The van der Waals surface area contributed by atoms with Crippen molar-refractivity contribution < 1.29 is 4.79 Å². The number of carbonyl (C=O) groups is 1. The van der Waals surface area contributed by atoms with Crippen molar-refractivity contribution in [3.05, 3.63) is 74.8 Å². The lowest BCUT2D eigenvalue weighted by atomic mass is 10.0. The van der Waals surface area contributed by atoms with Gasteiger partial charge in [-0.2, -0.15) is 5.26 Å². The van der Waals surface area contributed by atoms with Crippen LogP contribution in [0.1, 0.15) is 21.5 Å². The molecule has 104 valence electrons. The summed E-state index contributed by atoms with van der Waals surface area (Å²) in [6.45, 7) is 1.94. The van der Waals surface area contributed by atoms with Crippen molar-refractivity contribution >= 4 is 35.1 Å². The number of Topliss-reactive ketones (excluding diaryl/α,β-unsaturated/α-hetero) is 1. The molecule has 0 radical (unpaired) electrons. The van der Waals surface area contributed by atoms with Gasteiger partial charge in [-0.3, -0.25) is 4.79 Å². The summed E-state index contributed by atoms with van der Waals surface area (Å²) in [6, 6.07) is 14.2. The largest absolute Gasteiger partial charge is 0.288 e. The zero-order valence-corrected chi connectivity index (χ0v) is 12.7. The van der Waals surface area contributed by atoms with Crippen molar-refractivity contribution in [1.82, 2.24) is 0 Å². The summed E-state index contributed by atoms with van der Waals surface area (Å²) in [5.74, 6) is -0.477. The van der Waals surface area contributed by atoms with Crippen molar-refractivity contribution in [2.45, 2.75) is 6.92 Å². The van der Waals surface area contributed by atoms with Crippen LogP contribution in [0.15, 0.2) is 48.0 Å². The molecule has 0 heterocycles. The molecule has 2 aromatic rings. The number of hydrogen-bond donors (Lipinski definition) is 0. The van der Waals surface area contributed by atoms with Crippen LogP contribution in [-0.2, 0) is 0 Å². The fraction of sp³-hybridized carbons (Fsp3) is 0.0588. The van der Waals surface area contributed by atoms with E-state index in [0.717, 1.165) is 11.1 Å². The Labute approximate surface area is 133 Å². The van der Waals surface area contributed by atoms with Crippen LogP contribution < -0.4 is 0 Å². The lowest BCUT2D eigenvalue weighted by Gasteiger charge is -2.05. The molecule has 0 N–H and O–H groups in total. The number of carbonyl (C=O) groups excluding carboxylic acids is 1. The summed E-state index contributed by atoms with van der Waals surface area (Å²) >= 11 is 12.0. The molecule has 0 saturated heterocycles. The molecule has 2 rings (SSSR count). The van der Waals surface area contributed by atoms with E-state index in [4.69, 9.17) is 23.2 Å². The molecule has 4 heteroatoms. The van der Waals surface area contributed by atoms with Gasteiger partial charge in [-0.05, 0) is 30.7 Å². The molecule has 0 aliphatic carbocycles. The monoisotopic (exact) mass is 315 g/mol. The van der Waals surface area contributed by atoms with E-state index in [2.05, 4.69) is 0 Å². The molecule has 0 saturated carbocycles. The SMILES string of the molecule is Cc1cccc(/C=C(\C#N)C(=O)c2c(Cl)cccc2Cl)c1. The Bertz CT molecular complexity index is 752. The Morgan fingerprint density at radius 3 is 2.33 bits per heavy atom. The standard InChI is InChI=1S/C17H11Cl2NO/c1-11-4-2-5-12(8-11)9-13(10-20)17(21)16-14(18)6-3-7-15(16)19/h2-9H,1H3/b13-9+. The first-order valence-corrected chi connectivity index (χ1v) is 6.95. The first kappa shape index (κ1) is 15.3. The summed E-state index contributed by atoms with van der Waals surface area (Å²) < 4.78 is 0. The second-order valence-electron chi connectivity index (χ2n) is 4.51. The molecule has 0 aliphatic rings. The van der Waals surface area contributed by atoms with E-state index in [0.29, 0.717) is 0 Å². The molecule has 0 spiro atoms. The molecular formula is C17H11Cl2NO. The predicted molar refractivity (Wildman–Crippen MR) is 85.6 cm³/mol. The van der Waals surface area contributed by atoms with Crippen LogP contribution in [-0.4, -0.2) is 5.78 Å². The van der Waals surface area contributed by atoms with E-state index in [9.17, 15) is 10.1 Å². The second-order valence-corrected chi connectivity index (χ2v) is 5.32. The molecule has 0 unspecified atom stereocenters. The summed E-state index contributed by atoms with van der Waals surface area (Å²) in [7, 11) is 0. The Balaban J connectivity index is 2.47. The summed E-state index contributed by atoms with van der Waals surface area (Å²) in [6.07, 6.45) is 1.54. The zero-order valence-electron chi connectivity index (χ0n) is 11.2. The van der Waals surface area contributed by atoms with Gasteiger partial charge in [0, 0.05) is 0 Å². The summed E-state index contributed by atoms with van der Waals surface area (Å²) in [5, 5.41) is 9.71. The molecule has 0 aromatic heterocycles. The van der Waals surface area contributed by atoms with Gasteiger partial charge in [-0.25, -0.2) is 0 Å². The van der Waals surface area contributed by atoms with Crippen LogP contribution in [0.3, 0.4) is 0 Å². The fourth-order valence-electron chi connectivity index (χ4n) is 1.92. The topological polar surface area (TPSA) is 40.9 Å². The van der Waals surface area contributed by atoms with E-state index in [-0.39, 0.29) is 21.2 Å². The average molecular weight is 316 g/mol. The molecule has 0 bridgehead atoms. The van der Waals surface area contributed by atoms with Gasteiger partial charge in [0.2, 0.25) is 5.78 Å². The number of rotatable bonds is 3. The van der Waals surface area contributed by atoms with Crippen LogP contribution in [0.4, 0.5) is 0 Å². The third kappa shape index (κ3) is 3.52. The minimum atomic E-state index is -0.477. The normalized spacial score (nSPS) is 11.0. The van der Waals surface area contributed by atoms with E-state index < -0.39 is 5.78 Å². The Morgan fingerprint density at radius 2 is 1.76 bits per heavy atom. The van der Waals surface area contributed by atoms with Gasteiger partial charge in [0.1, 0.15) is 11.6 Å². The van der Waals surface area contributed by atoms with Gasteiger partial charge >= 0.3 is 0 Å². The highest BCUT2D eigenvalue weighted by Crippen LogP contribution is 2.27. The minimum Gasteiger partial charge on any atom is -0.288 e. The van der Waals surface area contributed by atoms with Gasteiger partial charge in [0.25, 0.3) is 0 Å². The Morgan fingerprint density at radius 1 is 1.14 bits per heavy atom. The number of benzene rings is 2. The van der Waals surface area contributed by atoms with Gasteiger partial charge < -0.3 is 0 Å². The highest BCUT2D eigenvalue weighted by atomic mass is 35.5. The minimum absolute atomic E-state index is 0.00407. The molecule has 21 heavy (non-hydrogen) atoms. The molecular weight excluding hydrogens is 305 g/mol. The highest BCUT2D eigenvalue weighted by molar-refractivity contribution is 6.41. The van der Waals surface area contributed by atoms with E-state index in [1.165, 1.54) is 6.08 Å². The van der Waals surface area contributed by atoms with E-state index in [1.807, 2.05) is 37.3 Å². The maximum atomic E-state index is 12.4. The van der Waals surface area contributed by atoms with Crippen LogP contribution in [0.2, 0.25) is 10.0 Å². The van der Waals surface area contributed by atoms with Crippen molar-refractivity contribution in [3.63, 3.8) is 0 Å². The zero-order chi connectivity index (χ0) is 15.4. The van der Waals surface area contributed by atoms with E-state index in [1.54, 1.807) is 18.2 Å². The predicted octanol–water partition coefficient (Wildman–Crippen LogP) is 5.09. The van der Waals surface area contributed by atoms with Crippen molar-refractivity contribution in [2.75, 3.05) is 0 Å². The van der Waals surface area contributed by atoms with Crippen LogP contribution in [0.5, 0.6) is 0 Å². The molecule has 0 fully saturated rings. The number of nitrogens with zero attached hydrogens (tertiary/aromatic N) is 1. The lowest BCUT2D eigenvalue weighted by molar-refractivity contribution is 0.104. The van der Waals surface area contributed by atoms with Gasteiger partial charge in [0.05, 0.1) is 15.6 Å². The maximum Gasteiger partial charge on any atom is 0.206 e. The number of allylic oxidation sites excluding steroid dienone is 1. The number of halogens is 2. The number of ketones is 1. The second kappa shape index (κ2) is 6.58. The molecule has 2 nitrogen and oxygen atoms in total. The van der Waals surface area contributed by atoms with Crippen molar-refractivity contribution in [2.24, 2.45) is 0 Å². The number of nitriles is 1. The molecule has 0 aliphatic heterocycles. The summed E-state index contributed by atoms with van der Waals surface area (Å²) in [5.41, 5.74) is 1.98. The third-order valence-corrected chi connectivity index (χ3v) is 3.54. The molecule has 2 aromatic carbocycles. The highest BCUT2D eigenvalue weighted by Gasteiger charge is 2.18. The lowest BCUT2D eigenvalue weighted by Crippen LogP contribution is -2.04. The quantitative estimate of drug-likeness (QED) is 0.449. The van der Waals surface area contributed by atoms with Crippen LogP contribution >= 0.6 is 23.2 Å². The fourth-order valence-corrected chi connectivity index (χ4v) is 2.49. The third-order valence-electron chi connectivity index (χ3n) is 2.91. The number of aryl methyl sites for hydroxylation is 1. The average Bonchev–Trinajstić information content (AvgIpc) is 2.44. The molecule has 0 amide bonds. The summed E-state index contributed by atoms with van der Waals surface area (Å²) in [4.78, 5) is 12.4.